The van der Waals surface area contributed by atoms with Crippen LogP contribution in [0.4, 0.5) is 5.69 Å². The smallest absolute Gasteiger partial charge is 0.224 e. The molecule has 1 atom stereocenters. The van der Waals surface area contributed by atoms with Crippen molar-refractivity contribution in [2.45, 2.75) is 26.2 Å². The Morgan fingerprint density at radius 3 is 3.20 bits per heavy atom. The summed E-state index contributed by atoms with van der Waals surface area (Å²) in [5, 5.41) is 6.31. The van der Waals surface area contributed by atoms with Crippen molar-refractivity contribution in [3.05, 3.63) is 24.0 Å². The van der Waals surface area contributed by atoms with E-state index in [1.807, 2.05) is 25.1 Å². The van der Waals surface area contributed by atoms with Gasteiger partial charge in [0.05, 0.1) is 11.0 Å². The molecule has 0 radical (unpaired) electrons. The minimum Gasteiger partial charge on any atom is -0.342 e. The number of nitrogens with zero attached hydrogens (tertiary/aromatic N) is 1. The maximum absolute atomic E-state index is 12.1. The van der Waals surface area contributed by atoms with Gasteiger partial charge in [0.2, 0.25) is 5.91 Å². The Morgan fingerprint density at radius 2 is 2.40 bits per heavy atom. The number of aromatic nitrogens is 2. The second-order valence-corrected chi connectivity index (χ2v) is 5.52. The minimum atomic E-state index is 0.0919. The van der Waals surface area contributed by atoms with Crippen molar-refractivity contribution in [2.75, 3.05) is 18.4 Å². The van der Waals surface area contributed by atoms with Gasteiger partial charge < -0.3 is 15.6 Å². The second kappa shape index (κ2) is 5.63. The third kappa shape index (κ3) is 2.99. The molecule has 106 valence electrons. The van der Waals surface area contributed by atoms with Crippen molar-refractivity contribution in [1.82, 2.24) is 15.3 Å². The molecule has 3 rings (SSSR count). The highest BCUT2D eigenvalue weighted by atomic mass is 16.1. The van der Waals surface area contributed by atoms with Crippen molar-refractivity contribution in [2.24, 2.45) is 5.92 Å². The van der Waals surface area contributed by atoms with Gasteiger partial charge >= 0.3 is 0 Å². The molecule has 1 fully saturated rings. The molecule has 3 N–H and O–H groups in total. The molecular formula is C15H20N4O. The van der Waals surface area contributed by atoms with Gasteiger partial charge in [-0.1, -0.05) is 0 Å². The third-order valence-electron chi connectivity index (χ3n) is 3.76. The average molecular weight is 272 g/mol. The molecular weight excluding hydrogens is 252 g/mol. The summed E-state index contributed by atoms with van der Waals surface area (Å²) < 4.78 is 0. The monoisotopic (exact) mass is 272 g/mol. The summed E-state index contributed by atoms with van der Waals surface area (Å²) in [5.74, 6) is 1.44. The molecule has 1 saturated heterocycles. The fourth-order valence-corrected chi connectivity index (χ4v) is 2.79. The maximum atomic E-state index is 12.1. The number of aryl methyl sites for hydroxylation is 1. The first-order valence-corrected chi connectivity index (χ1v) is 7.17. The van der Waals surface area contributed by atoms with E-state index in [-0.39, 0.29) is 5.91 Å². The summed E-state index contributed by atoms with van der Waals surface area (Å²) >= 11 is 0. The topological polar surface area (TPSA) is 69.8 Å². The SMILES string of the molecule is Cc1nc2ccc(NC(=O)CC3CCCNC3)cc2[nH]1. The summed E-state index contributed by atoms with van der Waals surface area (Å²) in [5.41, 5.74) is 2.71. The van der Waals surface area contributed by atoms with Crippen LogP contribution < -0.4 is 10.6 Å². The lowest BCUT2D eigenvalue weighted by molar-refractivity contribution is -0.117. The molecule has 1 unspecified atom stereocenters. The fourth-order valence-electron chi connectivity index (χ4n) is 2.79. The van der Waals surface area contributed by atoms with Crippen molar-refractivity contribution >= 4 is 22.6 Å². The number of rotatable bonds is 3. The van der Waals surface area contributed by atoms with Gasteiger partial charge in [-0.25, -0.2) is 4.98 Å². The fraction of sp³-hybridized carbons (Fsp3) is 0.467. The van der Waals surface area contributed by atoms with Gasteiger partial charge in [0.15, 0.2) is 0 Å². The minimum absolute atomic E-state index is 0.0919. The largest absolute Gasteiger partial charge is 0.342 e. The number of hydrogen-bond acceptors (Lipinski definition) is 3. The van der Waals surface area contributed by atoms with Gasteiger partial charge in [0, 0.05) is 12.1 Å². The van der Waals surface area contributed by atoms with Crippen LogP contribution in [-0.4, -0.2) is 29.0 Å². The number of carbonyl (C=O) groups excluding carboxylic acids is 1. The van der Waals surface area contributed by atoms with E-state index in [0.29, 0.717) is 12.3 Å². The number of benzene rings is 1. The molecule has 0 aliphatic carbocycles. The first kappa shape index (κ1) is 13.1. The Hall–Kier alpha value is -1.88. The zero-order valence-electron chi connectivity index (χ0n) is 11.7. The van der Waals surface area contributed by atoms with E-state index in [2.05, 4.69) is 20.6 Å². The highest BCUT2D eigenvalue weighted by Crippen LogP contribution is 2.19. The first-order chi connectivity index (χ1) is 9.70. The molecule has 20 heavy (non-hydrogen) atoms. The highest BCUT2D eigenvalue weighted by molar-refractivity contribution is 5.93. The number of piperidine rings is 1. The third-order valence-corrected chi connectivity index (χ3v) is 3.76. The van der Waals surface area contributed by atoms with Crippen molar-refractivity contribution in [3.63, 3.8) is 0 Å². The summed E-state index contributed by atoms with van der Waals surface area (Å²) in [6.07, 6.45) is 2.89. The lowest BCUT2D eigenvalue weighted by atomic mass is 9.96. The number of imidazole rings is 1. The molecule has 1 aromatic carbocycles. The Morgan fingerprint density at radius 1 is 1.50 bits per heavy atom. The molecule has 1 aliphatic rings. The molecule has 2 heterocycles. The van der Waals surface area contributed by atoms with Crippen LogP contribution in [-0.2, 0) is 4.79 Å². The van der Waals surface area contributed by atoms with Crippen LogP contribution in [0.25, 0.3) is 11.0 Å². The van der Waals surface area contributed by atoms with Crippen LogP contribution >= 0.6 is 0 Å². The predicted octanol–water partition coefficient (Wildman–Crippen LogP) is 2.20. The van der Waals surface area contributed by atoms with E-state index in [0.717, 1.165) is 48.5 Å². The average Bonchev–Trinajstić information content (AvgIpc) is 2.79. The van der Waals surface area contributed by atoms with E-state index >= 15 is 0 Å². The van der Waals surface area contributed by atoms with Crippen LogP contribution in [0.15, 0.2) is 18.2 Å². The normalized spacial score (nSPS) is 19.1. The molecule has 1 amide bonds. The van der Waals surface area contributed by atoms with E-state index in [1.54, 1.807) is 0 Å². The maximum Gasteiger partial charge on any atom is 0.224 e. The molecule has 5 nitrogen and oxygen atoms in total. The number of amides is 1. The number of hydrogen-bond donors (Lipinski definition) is 3. The zero-order chi connectivity index (χ0) is 13.9. The Labute approximate surface area is 118 Å². The van der Waals surface area contributed by atoms with Gasteiger partial charge in [-0.3, -0.25) is 4.79 Å². The van der Waals surface area contributed by atoms with E-state index < -0.39 is 0 Å². The second-order valence-electron chi connectivity index (χ2n) is 5.52. The van der Waals surface area contributed by atoms with Crippen LogP contribution in [0.2, 0.25) is 0 Å². The summed E-state index contributed by atoms with van der Waals surface area (Å²) in [6.45, 7) is 3.95. The van der Waals surface area contributed by atoms with Gasteiger partial charge in [-0.15, -0.1) is 0 Å². The summed E-state index contributed by atoms with van der Waals surface area (Å²) in [6, 6.07) is 5.77. The van der Waals surface area contributed by atoms with E-state index in [1.165, 1.54) is 0 Å². The van der Waals surface area contributed by atoms with Crippen molar-refractivity contribution in [3.8, 4) is 0 Å². The number of fused-ring (bicyclic) bond motifs is 1. The summed E-state index contributed by atoms with van der Waals surface area (Å²) in [7, 11) is 0. The van der Waals surface area contributed by atoms with Crippen molar-refractivity contribution < 1.29 is 4.79 Å². The Bertz CT molecular complexity index is 613. The lowest BCUT2D eigenvalue weighted by Gasteiger charge is -2.22. The Kier molecular flexibility index (Phi) is 3.69. The number of anilines is 1. The molecule has 1 aliphatic heterocycles. The van der Waals surface area contributed by atoms with Crippen LogP contribution in [0.5, 0.6) is 0 Å². The molecule has 2 aromatic rings. The number of carbonyl (C=O) groups is 1. The van der Waals surface area contributed by atoms with Crippen LogP contribution in [0, 0.1) is 12.8 Å². The number of nitrogens with one attached hydrogen (secondary N) is 3. The predicted molar refractivity (Wildman–Crippen MR) is 79.7 cm³/mol. The van der Waals surface area contributed by atoms with Gasteiger partial charge in [0.25, 0.3) is 0 Å². The van der Waals surface area contributed by atoms with Crippen LogP contribution in [0.1, 0.15) is 25.1 Å². The number of aromatic amines is 1. The van der Waals surface area contributed by atoms with Crippen molar-refractivity contribution in [1.29, 1.82) is 0 Å². The summed E-state index contributed by atoms with van der Waals surface area (Å²) in [4.78, 5) is 19.6. The number of H-pyrrole nitrogens is 1. The molecule has 0 bridgehead atoms. The molecule has 0 spiro atoms. The van der Waals surface area contributed by atoms with E-state index in [9.17, 15) is 4.79 Å². The molecule has 5 heteroatoms. The van der Waals surface area contributed by atoms with Gasteiger partial charge in [-0.05, 0) is 57.0 Å². The quantitative estimate of drug-likeness (QED) is 0.802. The van der Waals surface area contributed by atoms with Crippen LogP contribution in [0.3, 0.4) is 0 Å². The van der Waals surface area contributed by atoms with Gasteiger partial charge in [-0.2, -0.15) is 0 Å². The Balaban J connectivity index is 1.64. The van der Waals surface area contributed by atoms with E-state index in [4.69, 9.17) is 0 Å². The molecule has 0 saturated carbocycles. The zero-order valence-corrected chi connectivity index (χ0v) is 11.7. The lowest BCUT2D eigenvalue weighted by Crippen LogP contribution is -2.32. The molecule has 1 aromatic heterocycles. The highest BCUT2D eigenvalue weighted by Gasteiger charge is 2.16. The first-order valence-electron chi connectivity index (χ1n) is 7.17. The standard InChI is InChI=1S/C15H20N4O/c1-10-17-13-5-4-12(8-14(13)18-10)19-15(20)7-11-3-2-6-16-9-11/h4-5,8,11,16H,2-3,6-7,9H2,1H3,(H,17,18)(H,19,20). The van der Waals surface area contributed by atoms with Gasteiger partial charge in [0.1, 0.15) is 5.82 Å².